The fourth-order valence-electron chi connectivity index (χ4n) is 2.49. The van der Waals surface area contributed by atoms with Crippen molar-refractivity contribution in [1.29, 1.82) is 0 Å². The summed E-state index contributed by atoms with van der Waals surface area (Å²) in [7, 11) is -0.721. The second-order valence-corrected chi connectivity index (χ2v) is 9.72. The molecule has 2 N–H and O–H groups in total. The smallest absolute Gasteiger partial charge is 0.274 e. The molecule has 7 nitrogen and oxygen atoms in total. The zero-order valence-corrected chi connectivity index (χ0v) is 18.0. The van der Waals surface area contributed by atoms with E-state index in [4.69, 9.17) is 23.2 Å². The van der Waals surface area contributed by atoms with Gasteiger partial charge in [0.1, 0.15) is 10.6 Å². The molecule has 0 fully saturated rings. The summed E-state index contributed by atoms with van der Waals surface area (Å²) in [5, 5.41) is 4.22. The second-order valence-electron chi connectivity index (χ2n) is 5.88. The van der Waals surface area contributed by atoms with Crippen molar-refractivity contribution in [3.63, 3.8) is 0 Å². The minimum Gasteiger partial charge on any atom is -0.345 e. The number of sulfonamides is 1. The highest BCUT2D eigenvalue weighted by molar-refractivity contribution is 7.89. The number of carbonyl (C=O) groups is 1. The van der Waals surface area contributed by atoms with Crippen molar-refractivity contribution < 1.29 is 13.2 Å². The van der Waals surface area contributed by atoms with Crippen LogP contribution in [0.1, 0.15) is 20.9 Å². The summed E-state index contributed by atoms with van der Waals surface area (Å²) in [5.41, 5.74) is 1.10. The lowest BCUT2D eigenvalue weighted by atomic mass is 10.1. The molecule has 1 amide bonds. The summed E-state index contributed by atoms with van der Waals surface area (Å²) in [6.45, 7) is 0. The largest absolute Gasteiger partial charge is 0.345 e. The number of anilines is 1. The van der Waals surface area contributed by atoms with Gasteiger partial charge < -0.3 is 4.57 Å². The lowest BCUT2D eigenvalue weighted by Gasteiger charge is -2.03. The fraction of sp³-hybridized carbons (Fsp3) is 0.176. The molecule has 0 radical (unpaired) electrons. The van der Waals surface area contributed by atoms with Crippen molar-refractivity contribution in [1.82, 2.24) is 14.3 Å². The predicted octanol–water partition coefficient (Wildman–Crippen LogP) is 3.54. The Hall–Kier alpha value is -1.91. The van der Waals surface area contributed by atoms with E-state index in [0.29, 0.717) is 21.6 Å². The maximum absolute atomic E-state index is 12.5. The van der Waals surface area contributed by atoms with Crippen molar-refractivity contribution in [2.24, 2.45) is 7.05 Å². The number of nitrogens with one attached hydrogen (secondary N) is 2. The van der Waals surface area contributed by atoms with Crippen molar-refractivity contribution >= 4 is 55.6 Å². The molecule has 2 aromatic heterocycles. The number of thiazole rings is 1. The number of aromatic nitrogens is 2. The van der Waals surface area contributed by atoms with E-state index >= 15 is 0 Å². The summed E-state index contributed by atoms with van der Waals surface area (Å²) in [6.07, 6.45) is 3.59. The third-order valence-corrected chi connectivity index (χ3v) is 6.83. The Bertz CT molecular complexity index is 1140. The van der Waals surface area contributed by atoms with Crippen LogP contribution < -0.4 is 10.0 Å². The molecule has 2 heterocycles. The van der Waals surface area contributed by atoms with E-state index < -0.39 is 15.9 Å². The van der Waals surface area contributed by atoms with Crippen LogP contribution in [0.2, 0.25) is 10.0 Å². The molecule has 0 aliphatic carbocycles. The van der Waals surface area contributed by atoms with Gasteiger partial charge in [0.2, 0.25) is 10.0 Å². The predicted molar refractivity (Wildman–Crippen MR) is 111 cm³/mol. The molecular formula is C17H16Cl2N4O3S2. The SMILES string of the molecule is CNS(=O)(=O)c1cc(C(=O)Nc2ncc(Cc3ccc(Cl)cc3Cl)s2)n(C)c1. The first-order valence-electron chi connectivity index (χ1n) is 7.99. The number of amides is 1. The van der Waals surface area contributed by atoms with Crippen molar-refractivity contribution in [3.05, 3.63) is 62.8 Å². The third-order valence-electron chi connectivity index (χ3n) is 3.95. The Kier molecular flexibility index (Phi) is 6.11. The van der Waals surface area contributed by atoms with Gasteiger partial charge in [-0.1, -0.05) is 29.3 Å². The average molecular weight is 459 g/mol. The molecule has 3 aromatic rings. The summed E-state index contributed by atoms with van der Waals surface area (Å²) < 4.78 is 27.4. The van der Waals surface area contributed by atoms with Gasteiger partial charge in [0.15, 0.2) is 5.13 Å². The Labute approximate surface area is 176 Å². The maximum atomic E-state index is 12.5. The molecule has 28 heavy (non-hydrogen) atoms. The number of hydrogen-bond donors (Lipinski definition) is 2. The molecule has 0 aliphatic heterocycles. The lowest BCUT2D eigenvalue weighted by molar-refractivity contribution is 0.101. The first-order valence-corrected chi connectivity index (χ1v) is 11.0. The minimum atomic E-state index is -3.63. The van der Waals surface area contributed by atoms with Crippen LogP contribution in [0.5, 0.6) is 0 Å². The highest BCUT2D eigenvalue weighted by atomic mass is 35.5. The fourth-order valence-corrected chi connectivity index (χ4v) is 4.59. The monoisotopic (exact) mass is 458 g/mol. The standard InChI is InChI=1S/C17H16Cl2N4O3S2/c1-20-28(25,26)13-7-15(23(2)9-13)16(24)22-17-21-8-12(27-17)5-10-3-4-11(18)6-14(10)19/h3-4,6-9,20H,5H2,1-2H3,(H,21,22,24). The summed E-state index contributed by atoms with van der Waals surface area (Å²) in [5.74, 6) is -0.453. The average Bonchev–Trinajstić information content (AvgIpc) is 3.24. The zero-order valence-electron chi connectivity index (χ0n) is 14.9. The number of benzene rings is 1. The maximum Gasteiger partial charge on any atom is 0.274 e. The summed E-state index contributed by atoms with van der Waals surface area (Å²) in [6, 6.07) is 6.59. The van der Waals surface area contributed by atoms with Gasteiger partial charge in [0.05, 0.1) is 0 Å². The summed E-state index contributed by atoms with van der Waals surface area (Å²) >= 11 is 13.4. The highest BCUT2D eigenvalue weighted by Gasteiger charge is 2.20. The van der Waals surface area contributed by atoms with Gasteiger partial charge >= 0.3 is 0 Å². The normalized spacial score (nSPS) is 11.6. The topological polar surface area (TPSA) is 93.1 Å². The molecule has 0 saturated heterocycles. The Morgan fingerprint density at radius 2 is 2.04 bits per heavy atom. The van der Waals surface area contributed by atoms with Crippen LogP contribution in [-0.4, -0.2) is 30.9 Å². The molecule has 3 rings (SSSR count). The molecule has 11 heteroatoms. The molecule has 0 unspecified atom stereocenters. The van der Waals surface area contributed by atoms with Gasteiger partial charge in [0, 0.05) is 40.8 Å². The van der Waals surface area contributed by atoms with Crippen LogP contribution in [0.3, 0.4) is 0 Å². The van der Waals surface area contributed by atoms with Crippen LogP contribution in [-0.2, 0) is 23.5 Å². The Morgan fingerprint density at radius 3 is 2.71 bits per heavy atom. The van der Waals surface area contributed by atoms with Gasteiger partial charge in [-0.15, -0.1) is 11.3 Å². The summed E-state index contributed by atoms with van der Waals surface area (Å²) in [4.78, 5) is 17.6. The number of carbonyl (C=O) groups excluding carboxylic acids is 1. The molecule has 0 bridgehead atoms. The van der Waals surface area contributed by atoms with Crippen LogP contribution in [0, 0.1) is 0 Å². The van der Waals surface area contributed by atoms with Crippen LogP contribution in [0.15, 0.2) is 41.6 Å². The van der Waals surface area contributed by atoms with E-state index in [9.17, 15) is 13.2 Å². The molecule has 1 aromatic carbocycles. The van der Waals surface area contributed by atoms with E-state index in [-0.39, 0.29) is 10.6 Å². The van der Waals surface area contributed by atoms with Gasteiger partial charge in [-0.25, -0.2) is 18.1 Å². The second kappa shape index (κ2) is 8.22. The van der Waals surface area contributed by atoms with E-state index in [1.807, 2.05) is 6.07 Å². The Balaban J connectivity index is 1.74. The quantitative estimate of drug-likeness (QED) is 0.590. The zero-order chi connectivity index (χ0) is 20.5. The minimum absolute atomic E-state index is 0.0138. The number of halogens is 2. The van der Waals surface area contributed by atoms with Crippen LogP contribution in [0.4, 0.5) is 5.13 Å². The van der Waals surface area contributed by atoms with Gasteiger partial charge in [0.25, 0.3) is 5.91 Å². The molecule has 0 spiro atoms. The van der Waals surface area contributed by atoms with Crippen molar-refractivity contribution in [2.75, 3.05) is 12.4 Å². The number of aryl methyl sites for hydroxylation is 1. The Morgan fingerprint density at radius 1 is 1.29 bits per heavy atom. The van der Waals surface area contributed by atoms with Gasteiger partial charge in [-0.05, 0) is 30.8 Å². The third kappa shape index (κ3) is 4.56. The number of hydrogen-bond acceptors (Lipinski definition) is 5. The van der Waals surface area contributed by atoms with Crippen LogP contribution in [0.25, 0.3) is 0 Å². The van der Waals surface area contributed by atoms with Crippen molar-refractivity contribution in [2.45, 2.75) is 11.3 Å². The first kappa shape index (κ1) is 20.8. The first-order chi connectivity index (χ1) is 13.2. The molecule has 0 saturated carbocycles. The van der Waals surface area contributed by atoms with Crippen molar-refractivity contribution in [3.8, 4) is 0 Å². The number of nitrogens with zero attached hydrogens (tertiary/aromatic N) is 2. The highest BCUT2D eigenvalue weighted by Crippen LogP contribution is 2.27. The molecule has 0 aliphatic rings. The number of rotatable bonds is 6. The van der Waals surface area contributed by atoms with Crippen LogP contribution >= 0.6 is 34.5 Å². The lowest BCUT2D eigenvalue weighted by Crippen LogP contribution is -2.18. The van der Waals surface area contributed by atoms with E-state index in [1.165, 1.54) is 35.2 Å². The van der Waals surface area contributed by atoms with E-state index in [1.54, 1.807) is 25.4 Å². The molecule has 148 valence electrons. The van der Waals surface area contributed by atoms with E-state index in [2.05, 4.69) is 15.0 Å². The van der Waals surface area contributed by atoms with Gasteiger partial charge in [-0.3, -0.25) is 10.1 Å². The van der Waals surface area contributed by atoms with E-state index in [0.717, 1.165) is 10.4 Å². The molecule has 0 atom stereocenters. The van der Waals surface area contributed by atoms with Gasteiger partial charge in [-0.2, -0.15) is 0 Å². The molecular weight excluding hydrogens is 443 g/mol.